The van der Waals surface area contributed by atoms with Crippen molar-refractivity contribution in [3.05, 3.63) is 35.9 Å². The Balaban J connectivity index is 1.12. The van der Waals surface area contributed by atoms with Crippen LogP contribution in [0.25, 0.3) is 0 Å². The van der Waals surface area contributed by atoms with Crippen LogP contribution in [0.4, 0.5) is 0 Å². The molecule has 1 saturated heterocycles. The fraction of sp³-hybridized carbons (Fsp3) is 0.794. The summed E-state index contributed by atoms with van der Waals surface area (Å²) in [6.07, 6.45) is 14.3. The minimum atomic E-state index is -0.476. The molecule has 4 nitrogen and oxygen atoms in total. The molecule has 1 N–H and O–H groups in total. The highest BCUT2D eigenvalue weighted by atomic mass is 16.6. The Kier molecular flexibility index (Phi) is 7.21. The average molecular weight is 523 g/mol. The van der Waals surface area contributed by atoms with Crippen LogP contribution in [0.5, 0.6) is 0 Å². The number of hydrogen-bond donors (Lipinski definition) is 1. The lowest BCUT2D eigenvalue weighted by atomic mass is 9.44. The first-order chi connectivity index (χ1) is 18.2. The number of hydrogen-bond acceptors (Lipinski definition) is 4. The molecular formula is C34H50O4. The Hall–Kier alpha value is -1.39. The molecule has 10 atom stereocenters. The van der Waals surface area contributed by atoms with Crippen molar-refractivity contribution in [1.29, 1.82) is 0 Å². The molecule has 1 aliphatic heterocycles. The van der Waals surface area contributed by atoms with Gasteiger partial charge < -0.3 is 14.6 Å². The molecule has 5 fully saturated rings. The van der Waals surface area contributed by atoms with Crippen molar-refractivity contribution in [2.75, 3.05) is 13.2 Å². The zero-order valence-electron chi connectivity index (χ0n) is 24.0. The minimum absolute atomic E-state index is 0.0595. The largest absolute Gasteiger partial charge is 0.453 e. The predicted molar refractivity (Wildman–Crippen MR) is 150 cm³/mol. The zero-order valence-corrected chi connectivity index (χ0v) is 24.0. The van der Waals surface area contributed by atoms with Crippen LogP contribution in [0.2, 0.25) is 0 Å². The zero-order chi connectivity index (χ0) is 26.5. The Morgan fingerprint density at radius 3 is 2.53 bits per heavy atom. The summed E-state index contributed by atoms with van der Waals surface area (Å²) in [5.41, 5.74) is 1.05. The molecule has 1 heterocycles. The van der Waals surface area contributed by atoms with Crippen LogP contribution >= 0.6 is 0 Å². The van der Waals surface area contributed by atoms with Crippen LogP contribution in [0.1, 0.15) is 108 Å². The molecule has 0 aromatic heterocycles. The van der Waals surface area contributed by atoms with Crippen LogP contribution < -0.4 is 0 Å². The molecule has 4 heteroatoms. The Labute approximate surface area is 230 Å². The normalized spacial score (nSPS) is 45.1. The number of fused-ring (bicyclic) bond motifs is 5. The topological polar surface area (TPSA) is 55.8 Å². The second kappa shape index (κ2) is 10.2. The maximum atomic E-state index is 12.9. The van der Waals surface area contributed by atoms with Gasteiger partial charge in [-0.2, -0.15) is 0 Å². The van der Waals surface area contributed by atoms with E-state index in [1.54, 1.807) is 0 Å². The highest BCUT2D eigenvalue weighted by Crippen LogP contribution is 2.68. The number of carbonyl (C=O) groups is 1. The summed E-state index contributed by atoms with van der Waals surface area (Å²) in [5.74, 6) is 4.51. The summed E-state index contributed by atoms with van der Waals surface area (Å²) in [5, 5.41) is 10.4. The smallest absolute Gasteiger partial charge is 0.338 e. The number of ether oxygens (including phenoxy) is 2. The van der Waals surface area contributed by atoms with Gasteiger partial charge in [0, 0.05) is 6.42 Å². The predicted octanol–water partition coefficient (Wildman–Crippen LogP) is 7.44. The first kappa shape index (κ1) is 26.8. The van der Waals surface area contributed by atoms with Crippen molar-refractivity contribution >= 4 is 5.97 Å². The molecule has 5 aliphatic rings. The van der Waals surface area contributed by atoms with E-state index in [0.717, 1.165) is 61.7 Å². The lowest BCUT2D eigenvalue weighted by Gasteiger charge is -2.61. The molecule has 0 spiro atoms. The molecule has 0 radical (unpaired) electrons. The fourth-order valence-electron chi connectivity index (χ4n) is 10.6. The van der Waals surface area contributed by atoms with E-state index in [1.807, 2.05) is 30.3 Å². The third kappa shape index (κ3) is 4.56. The molecule has 1 aromatic rings. The van der Waals surface area contributed by atoms with Crippen LogP contribution in [-0.2, 0) is 9.47 Å². The molecule has 38 heavy (non-hydrogen) atoms. The van der Waals surface area contributed by atoms with E-state index in [-0.39, 0.29) is 12.1 Å². The molecule has 2 unspecified atom stereocenters. The molecule has 4 saturated carbocycles. The maximum Gasteiger partial charge on any atom is 0.338 e. The third-order valence-electron chi connectivity index (χ3n) is 12.8. The highest BCUT2D eigenvalue weighted by Gasteiger charge is 2.60. The first-order valence-electron chi connectivity index (χ1n) is 15.8. The van der Waals surface area contributed by atoms with Crippen LogP contribution in [-0.4, -0.2) is 36.0 Å². The van der Waals surface area contributed by atoms with Gasteiger partial charge in [-0.25, -0.2) is 4.79 Å². The van der Waals surface area contributed by atoms with E-state index in [0.29, 0.717) is 35.5 Å². The second-order valence-corrected chi connectivity index (χ2v) is 14.6. The maximum absolute atomic E-state index is 12.9. The van der Waals surface area contributed by atoms with E-state index >= 15 is 0 Å². The molecular weight excluding hydrogens is 472 g/mol. The Morgan fingerprint density at radius 2 is 1.76 bits per heavy atom. The van der Waals surface area contributed by atoms with Crippen molar-refractivity contribution in [3.63, 3.8) is 0 Å². The number of benzene rings is 1. The van der Waals surface area contributed by atoms with Gasteiger partial charge in [0.05, 0.1) is 24.9 Å². The standard InChI is InChI=1S/C34H50O4/c1-23(13-18-34(19-20-37-22-34)38-31(36)24-7-5-4-6-8-24)28-11-12-29-27-10-9-25-21-26(35)14-16-32(25,2)30(27)15-17-33(28,29)3/h4-8,23,25-30,35H,9-22H2,1-3H3/t23-,25?,26+,27+,28-,29?,30+,32+,33-,34-/m1/s1. The van der Waals surface area contributed by atoms with Crippen molar-refractivity contribution in [1.82, 2.24) is 0 Å². The van der Waals surface area contributed by atoms with E-state index in [9.17, 15) is 9.90 Å². The number of aliphatic hydroxyl groups excluding tert-OH is 1. The molecule has 0 bridgehead atoms. The van der Waals surface area contributed by atoms with Crippen molar-refractivity contribution in [2.45, 2.75) is 110 Å². The first-order valence-corrected chi connectivity index (χ1v) is 15.8. The minimum Gasteiger partial charge on any atom is -0.453 e. The highest BCUT2D eigenvalue weighted by molar-refractivity contribution is 5.89. The quantitative estimate of drug-likeness (QED) is 0.395. The summed E-state index contributed by atoms with van der Waals surface area (Å²) in [6.45, 7) is 8.93. The van der Waals surface area contributed by atoms with Gasteiger partial charge in [0.2, 0.25) is 0 Å². The SMILES string of the molecule is C[C@H](CC[C@@]1(OC(=O)c2ccccc2)CCOC1)[C@H]1CCC2[C@@H]3CCC4C[C@@H](O)CC[C@]4(C)[C@H]3CC[C@@]21C. The summed E-state index contributed by atoms with van der Waals surface area (Å²) >= 11 is 0. The van der Waals surface area contributed by atoms with Crippen molar-refractivity contribution < 1.29 is 19.4 Å². The second-order valence-electron chi connectivity index (χ2n) is 14.6. The summed E-state index contributed by atoms with van der Waals surface area (Å²) in [4.78, 5) is 12.9. The Bertz CT molecular complexity index is 985. The van der Waals surface area contributed by atoms with Gasteiger partial charge in [-0.15, -0.1) is 0 Å². The summed E-state index contributed by atoms with van der Waals surface area (Å²) in [7, 11) is 0. The molecule has 210 valence electrons. The van der Waals surface area contributed by atoms with E-state index in [4.69, 9.17) is 9.47 Å². The lowest BCUT2D eigenvalue weighted by molar-refractivity contribution is -0.129. The molecule has 6 rings (SSSR count). The van der Waals surface area contributed by atoms with Gasteiger partial charge in [-0.05, 0) is 129 Å². The van der Waals surface area contributed by atoms with E-state index in [2.05, 4.69) is 20.8 Å². The average Bonchev–Trinajstić information content (AvgIpc) is 3.52. The van der Waals surface area contributed by atoms with Crippen LogP contribution in [0.3, 0.4) is 0 Å². The molecule has 1 aromatic carbocycles. The van der Waals surface area contributed by atoms with E-state index in [1.165, 1.54) is 44.9 Å². The lowest BCUT2D eigenvalue weighted by Crippen LogP contribution is -2.54. The van der Waals surface area contributed by atoms with Crippen LogP contribution in [0, 0.1) is 46.3 Å². The van der Waals surface area contributed by atoms with Gasteiger partial charge in [-0.3, -0.25) is 0 Å². The fourth-order valence-corrected chi connectivity index (χ4v) is 10.6. The van der Waals surface area contributed by atoms with Crippen molar-refractivity contribution in [2.24, 2.45) is 46.3 Å². The Morgan fingerprint density at radius 1 is 1.00 bits per heavy atom. The number of aliphatic hydroxyl groups is 1. The number of esters is 1. The molecule has 0 amide bonds. The van der Waals surface area contributed by atoms with Gasteiger partial charge >= 0.3 is 5.97 Å². The third-order valence-corrected chi connectivity index (χ3v) is 12.8. The van der Waals surface area contributed by atoms with Crippen LogP contribution in [0.15, 0.2) is 30.3 Å². The van der Waals surface area contributed by atoms with Gasteiger partial charge in [0.15, 0.2) is 0 Å². The number of carbonyl (C=O) groups excluding carboxylic acids is 1. The number of rotatable bonds is 6. The van der Waals surface area contributed by atoms with E-state index < -0.39 is 5.60 Å². The molecule has 4 aliphatic carbocycles. The van der Waals surface area contributed by atoms with Gasteiger partial charge in [-0.1, -0.05) is 39.0 Å². The summed E-state index contributed by atoms with van der Waals surface area (Å²) < 4.78 is 12.0. The van der Waals surface area contributed by atoms with Gasteiger partial charge in [0.1, 0.15) is 5.60 Å². The van der Waals surface area contributed by atoms with Crippen molar-refractivity contribution in [3.8, 4) is 0 Å². The summed E-state index contributed by atoms with van der Waals surface area (Å²) in [6, 6.07) is 9.41. The monoisotopic (exact) mass is 522 g/mol. The van der Waals surface area contributed by atoms with Gasteiger partial charge in [0.25, 0.3) is 0 Å².